The Morgan fingerprint density at radius 3 is 1.23 bits per heavy atom. The van der Waals surface area contributed by atoms with Crippen LogP contribution in [0.3, 0.4) is 0 Å². The van der Waals surface area contributed by atoms with Crippen molar-refractivity contribution in [2.75, 3.05) is 33.0 Å². The van der Waals surface area contributed by atoms with Gasteiger partial charge in [0.25, 0.3) is 0 Å². The molecule has 2 aliphatic heterocycles. The molecule has 0 spiro atoms. The third-order valence-corrected chi connectivity index (χ3v) is 13.5. The third-order valence-electron chi connectivity index (χ3n) is 13.5. The Balaban J connectivity index is 1.72. The van der Waals surface area contributed by atoms with Gasteiger partial charge in [-0.15, -0.1) is 0 Å². The molecule has 11 unspecified atom stereocenters. The van der Waals surface area contributed by atoms with Crippen molar-refractivity contribution in [3.05, 3.63) is 122 Å². The van der Waals surface area contributed by atoms with E-state index in [1.54, 1.807) is 0 Å². The highest BCUT2D eigenvalue weighted by Crippen LogP contribution is 2.26. The molecule has 0 aromatic rings. The van der Waals surface area contributed by atoms with Gasteiger partial charge >= 0.3 is 5.97 Å². The number of aliphatic hydroxyl groups excluding tert-OH is 7. The van der Waals surface area contributed by atoms with E-state index in [0.29, 0.717) is 13.0 Å². The van der Waals surface area contributed by atoms with Gasteiger partial charge in [-0.1, -0.05) is 193 Å². The molecule has 11 atom stereocenters. The summed E-state index contributed by atoms with van der Waals surface area (Å²) in [6.07, 6.45) is 53.9. The fourth-order valence-electron chi connectivity index (χ4n) is 8.69. The second-order valence-corrected chi connectivity index (χ2v) is 20.4. The van der Waals surface area contributed by atoms with Crippen molar-refractivity contribution in [1.82, 2.24) is 0 Å². The molecule has 450 valence electrons. The van der Waals surface area contributed by atoms with Gasteiger partial charge < -0.3 is 64.2 Å². The Kier molecular flexibility index (Phi) is 45.4. The van der Waals surface area contributed by atoms with E-state index in [-0.39, 0.29) is 19.6 Å². The van der Waals surface area contributed by atoms with E-state index in [1.165, 1.54) is 19.3 Å². The van der Waals surface area contributed by atoms with Crippen LogP contribution in [0.15, 0.2) is 122 Å². The number of unbranched alkanes of at least 4 members (excludes halogenated alkanes) is 13. The van der Waals surface area contributed by atoms with E-state index in [0.717, 1.165) is 135 Å². The number of ether oxygens (including phenoxy) is 6. The minimum atomic E-state index is -1.72. The van der Waals surface area contributed by atoms with Crippen molar-refractivity contribution >= 4 is 5.97 Å². The minimum Gasteiger partial charge on any atom is -0.457 e. The van der Waals surface area contributed by atoms with Crippen LogP contribution in [-0.2, 0) is 33.2 Å². The highest BCUT2D eigenvalue weighted by atomic mass is 16.7. The van der Waals surface area contributed by atoms with Crippen LogP contribution in [-0.4, -0.2) is 142 Å². The van der Waals surface area contributed by atoms with Crippen molar-refractivity contribution in [3.8, 4) is 0 Å². The molecule has 0 aromatic heterocycles. The van der Waals surface area contributed by atoms with Gasteiger partial charge in [-0.3, -0.25) is 4.79 Å². The molecule has 0 aliphatic carbocycles. The number of allylic oxidation sites excluding steroid dienone is 20. The van der Waals surface area contributed by atoms with Gasteiger partial charge in [-0.2, -0.15) is 0 Å². The number of carbonyl (C=O) groups is 1. The quantitative estimate of drug-likeness (QED) is 0.0172. The summed E-state index contributed by atoms with van der Waals surface area (Å²) in [5, 5.41) is 72.4. The van der Waals surface area contributed by atoms with Crippen molar-refractivity contribution < 1.29 is 69.0 Å². The summed E-state index contributed by atoms with van der Waals surface area (Å²) in [5.41, 5.74) is 0. The lowest BCUT2D eigenvalue weighted by atomic mass is 9.98. The van der Waals surface area contributed by atoms with Crippen molar-refractivity contribution in [1.29, 1.82) is 0 Å². The molecule has 0 aromatic carbocycles. The zero-order chi connectivity index (χ0) is 57.2. The summed E-state index contributed by atoms with van der Waals surface area (Å²) in [4.78, 5) is 13.1. The molecule has 2 heterocycles. The number of hydrogen-bond acceptors (Lipinski definition) is 14. The van der Waals surface area contributed by atoms with Gasteiger partial charge in [0.15, 0.2) is 12.6 Å². The summed E-state index contributed by atoms with van der Waals surface area (Å²) < 4.78 is 34.4. The second-order valence-electron chi connectivity index (χ2n) is 20.4. The lowest BCUT2D eigenvalue weighted by molar-refractivity contribution is -0.332. The largest absolute Gasteiger partial charge is 0.457 e. The van der Waals surface area contributed by atoms with Crippen molar-refractivity contribution in [2.45, 2.75) is 248 Å². The SMILES string of the molecule is CC/C=C\C/C=C\C/C=C\C/C=C\C/C=C\C/C=C\CCCCCCCCCOCC(COC1OC(COC2OC(CO)C(O)C(O)C2O)C(O)C(O)C1O)OC(=O)CCCCCCCC/C=C\C/C=C\C/C=C\C/C=C\CC. The lowest BCUT2D eigenvalue weighted by Gasteiger charge is -2.42. The van der Waals surface area contributed by atoms with Crippen LogP contribution in [0, 0.1) is 0 Å². The maximum absolute atomic E-state index is 13.1. The Labute approximate surface area is 476 Å². The molecule has 2 saturated heterocycles. The Bertz CT molecular complexity index is 1770. The maximum Gasteiger partial charge on any atom is 0.306 e. The Hall–Kier alpha value is -3.61. The number of rotatable bonds is 47. The van der Waals surface area contributed by atoms with Crippen LogP contribution < -0.4 is 0 Å². The zero-order valence-corrected chi connectivity index (χ0v) is 48.3. The molecule has 0 saturated carbocycles. The highest BCUT2D eigenvalue weighted by Gasteiger charge is 2.47. The van der Waals surface area contributed by atoms with Crippen LogP contribution >= 0.6 is 0 Å². The van der Waals surface area contributed by atoms with Gasteiger partial charge in [0.05, 0.1) is 26.4 Å². The van der Waals surface area contributed by atoms with Gasteiger partial charge in [-0.05, 0) is 103 Å². The molecular formula is C65H106O14. The molecule has 0 amide bonds. The molecule has 14 nitrogen and oxygen atoms in total. The molecule has 79 heavy (non-hydrogen) atoms. The predicted octanol–water partition coefficient (Wildman–Crippen LogP) is 11.3. The van der Waals surface area contributed by atoms with Gasteiger partial charge in [-0.25, -0.2) is 0 Å². The average molecular weight is 1110 g/mol. The Morgan fingerprint density at radius 1 is 0.418 bits per heavy atom. The van der Waals surface area contributed by atoms with Crippen LogP contribution in [0.25, 0.3) is 0 Å². The lowest BCUT2D eigenvalue weighted by Crippen LogP contribution is -2.61. The monoisotopic (exact) mass is 1110 g/mol. The standard InChI is InChI=1S/C65H106O14/c1-3-5-7-9-11-13-15-17-19-21-23-24-25-26-27-28-29-31-33-35-37-39-41-43-45-47-49-74-51-54(77-57(67)48-46-44-42-40-38-36-34-32-30-22-20-18-16-14-12-10-8-6-4-2)52-75-64-63(73)61(71)59(69)56(79-64)53-76-65-62(72)60(70)58(68)55(50-66)78-65/h5-8,11-14,17-20,23-24,26-27,29-32,54-56,58-66,68-73H,3-4,9-10,15-16,21-22,25,28,33-53H2,1-2H3/b7-5-,8-6-,13-11-,14-12-,19-17-,20-18-,24-23-,27-26-,31-29-,32-30-. The fourth-order valence-corrected chi connectivity index (χ4v) is 8.69. The molecule has 2 fully saturated rings. The normalized spacial score (nSPS) is 24.9. The fraction of sp³-hybridized carbons (Fsp3) is 0.677. The first-order valence-corrected chi connectivity index (χ1v) is 30.1. The average Bonchev–Trinajstić information content (AvgIpc) is 3.46. The van der Waals surface area contributed by atoms with E-state index in [9.17, 15) is 40.5 Å². The third kappa shape index (κ3) is 36.5. The predicted molar refractivity (Wildman–Crippen MR) is 316 cm³/mol. The number of esters is 1. The molecular weight excluding hydrogens is 1000 g/mol. The van der Waals surface area contributed by atoms with E-state index in [2.05, 4.69) is 135 Å². The molecule has 2 rings (SSSR count). The van der Waals surface area contributed by atoms with E-state index in [4.69, 9.17) is 28.4 Å². The smallest absolute Gasteiger partial charge is 0.306 e. The summed E-state index contributed by atoms with van der Waals surface area (Å²) >= 11 is 0. The van der Waals surface area contributed by atoms with Crippen molar-refractivity contribution in [2.24, 2.45) is 0 Å². The van der Waals surface area contributed by atoms with Crippen LogP contribution in [0.1, 0.15) is 181 Å². The topological polar surface area (TPSA) is 214 Å². The number of carbonyl (C=O) groups excluding carboxylic acids is 1. The molecule has 0 bridgehead atoms. The maximum atomic E-state index is 13.1. The van der Waals surface area contributed by atoms with E-state index < -0.39 is 86.7 Å². The van der Waals surface area contributed by atoms with Gasteiger partial charge in [0.1, 0.15) is 54.9 Å². The first kappa shape index (κ1) is 71.5. The number of hydrogen-bond donors (Lipinski definition) is 7. The summed E-state index contributed by atoms with van der Waals surface area (Å²) in [6.45, 7) is 3.39. The summed E-state index contributed by atoms with van der Waals surface area (Å²) in [5.74, 6) is -0.399. The van der Waals surface area contributed by atoms with Gasteiger partial charge in [0, 0.05) is 13.0 Å². The Morgan fingerprint density at radius 2 is 0.785 bits per heavy atom. The van der Waals surface area contributed by atoms with E-state index in [1.807, 2.05) is 0 Å². The summed E-state index contributed by atoms with van der Waals surface area (Å²) in [6, 6.07) is 0. The van der Waals surface area contributed by atoms with Crippen LogP contribution in [0.2, 0.25) is 0 Å². The van der Waals surface area contributed by atoms with Crippen LogP contribution in [0.4, 0.5) is 0 Å². The molecule has 2 aliphatic rings. The van der Waals surface area contributed by atoms with Gasteiger partial charge in [0.2, 0.25) is 0 Å². The second kappa shape index (κ2) is 50.1. The summed E-state index contributed by atoms with van der Waals surface area (Å²) in [7, 11) is 0. The highest BCUT2D eigenvalue weighted by molar-refractivity contribution is 5.69. The molecule has 0 radical (unpaired) electrons. The first-order chi connectivity index (χ1) is 38.6. The zero-order valence-electron chi connectivity index (χ0n) is 48.3. The van der Waals surface area contributed by atoms with Crippen molar-refractivity contribution in [3.63, 3.8) is 0 Å². The number of aliphatic hydroxyl groups is 7. The molecule has 14 heteroatoms. The minimum absolute atomic E-state index is 0.0389. The van der Waals surface area contributed by atoms with E-state index >= 15 is 0 Å². The van der Waals surface area contributed by atoms with Crippen LogP contribution in [0.5, 0.6) is 0 Å². The first-order valence-electron chi connectivity index (χ1n) is 30.1. The molecule has 7 N–H and O–H groups in total.